The van der Waals surface area contributed by atoms with Gasteiger partial charge in [-0.15, -0.1) is 0 Å². The molecular formula is C18H31FN2O5. The molecule has 7 nitrogen and oxygen atoms in total. The first kappa shape index (κ1) is 22.2. The van der Waals surface area contributed by atoms with Crippen LogP contribution in [-0.2, 0) is 19.1 Å². The van der Waals surface area contributed by atoms with E-state index in [0.717, 1.165) is 0 Å². The van der Waals surface area contributed by atoms with Gasteiger partial charge in [0.25, 0.3) is 0 Å². The van der Waals surface area contributed by atoms with E-state index < -0.39 is 46.7 Å². The van der Waals surface area contributed by atoms with E-state index in [-0.39, 0.29) is 6.42 Å². The Morgan fingerprint density at radius 3 is 2.00 bits per heavy atom. The highest BCUT2D eigenvalue weighted by Crippen LogP contribution is 2.43. The average molecular weight is 374 g/mol. The van der Waals surface area contributed by atoms with E-state index in [4.69, 9.17) is 4.74 Å². The van der Waals surface area contributed by atoms with Gasteiger partial charge in [0.05, 0.1) is 7.11 Å². The molecule has 26 heavy (non-hydrogen) atoms. The van der Waals surface area contributed by atoms with Crippen molar-refractivity contribution in [3.63, 3.8) is 0 Å². The van der Waals surface area contributed by atoms with E-state index in [1.165, 1.54) is 7.11 Å². The Hall–Kier alpha value is -1.86. The maximum absolute atomic E-state index is 14.1. The smallest absolute Gasteiger partial charge is 0.408 e. The normalized spacial score (nSPS) is 18.3. The van der Waals surface area contributed by atoms with Gasteiger partial charge in [-0.1, -0.05) is 20.8 Å². The minimum Gasteiger partial charge on any atom is -0.467 e. The predicted octanol–water partition coefficient (Wildman–Crippen LogP) is 2.48. The van der Waals surface area contributed by atoms with Gasteiger partial charge in [-0.3, -0.25) is 4.79 Å². The third-order valence-electron chi connectivity index (χ3n) is 3.95. The predicted molar refractivity (Wildman–Crippen MR) is 94.2 cm³/mol. The lowest BCUT2D eigenvalue weighted by Crippen LogP contribution is -2.57. The fourth-order valence-corrected chi connectivity index (χ4v) is 2.40. The Balaban J connectivity index is 2.86. The van der Waals surface area contributed by atoms with Crippen LogP contribution in [0.5, 0.6) is 0 Å². The van der Waals surface area contributed by atoms with E-state index in [2.05, 4.69) is 15.4 Å². The molecular weight excluding hydrogens is 343 g/mol. The maximum Gasteiger partial charge on any atom is 0.408 e. The van der Waals surface area contributed by atoms with Crippen LogP contribution in [0.4, 0.5) is 9.18 Å². The first-order valence-corrected chi connectivity index (χ1v) is 8.73. The molecule has 0 saturated heterocycles. The van der Waals surface area contributed by atoms with Gasteiger partial charge in [-0.05, 0) is 39.0 Å². The molecule has 1 rings (SSSR count). The molecule has 0 aromatic carbocycles. The van der Waals surface area contributed by atoms with Crippen LogP contribution in [0.1, 0.15) is 60.8 Å². The van der Waals surface area contributed by atoms with Crippen molar-refractivity contribution in [1.82, 2.24) is 10.6 Å². The number of alkyl halides is 1. The molecule has 0 spiro atoms. The molecule has 0 aliphatic heterocycles. The Morgan fingerprint density at radius 2 is 1.62 bits per heavy atom. The van der Waals surface area contributed by atoms with Crippen molar-refractivity contribution in [3.8, 4) is 0 Å². The van der Waals surface area contributed by atoms with Crippen molar-refractivity contribution in [2.45, 2.75) is 84.2 Å². The topological polar surface area (TPSA) is 93.7 Å². The van der Waals surface area contributed by atoms with Crippen molar-refractivity contribution in [2.75, 3.05) is 7.11 Å². The Kier molecular flexibility index (Phi) is 6.65. The molecule has 1 aliphatic carbocycles. The van der Waals surface area contributed by atoms with Crippen LogP contribution >= 0.6 is 0 Å². The van der Waals surface area contributed by atoms with Crippen LogP contribution in [0.3, 0.4) is 0 Å². The number of rotatable bonds is 6. The number of nitrogens with one attached hydrogen (secondary N) is 2. The van der Waals surface area contributed by atoms with Gasteiger partial charge < -0.3 is 20.1 Å². The molecule has 2 atom stereocenters. The second kappa shape index (κ2) is 7.80. The minimum atomic E-state index is -1.44. The van der Waals surface area contributed by atoms with Gasteiger partial charge in [0, 0.05) is 6.42 Å². The molecule has 8 heteroatoms. The SMILES string of the molecule is COC(=O)[C@H](CC1(F)CC1)NC(=O)[C@@H](NC(=O)OC(C)(C)C)C(C)(C)C. The van der Waals surface area contributed by atoms with Gasteiger partial charge in [-0.25, -0.2) is 14.0 Å². The number of alkyl carbamates (subject to hydrolysis) is 1. The zero-order chi connectivity index (χ0) is 20.3. The number of halogens is 1. The Bertz CT molecular complexity index is 547. The molecule has 1 aliphatic rings. The summed E-state index contributed by atoms with van der Waals surface area (Å²) in [5, 5.41) is 5.05. The van der Waals surface area contributed by atoms with Crippen LogP contribution in [-0.4, -0.2) is 48.4 Å². The average Bonchev–Trinajstić information content (AvgIpc) is 3.17. The second-order valence-electron chi connectivity index (χ2n) is 8.88. The van der Waals surface area contributed by atoms with E-state index in [9.17, 15) is 18.8 Å². The zero-order valence-electron chi connectivity index (χ0n) is 16.7. The summed E-state index contributed by atoms with van der Waals surface area (Å²) in [4.78, 5) is 36.7. The standard InChI is InChI=1S/C18H31FN2O5/c1-16(2,3)12(21-15(24)26-17(4,5)6)13(22)20-11(14(23)25-7)10-18(19)8-9-18/h11-12H,8-10H2,1-7H3,(H,20,22)(H,21,24)/t11-,12+/m0/s1. The lowest BCUT2D eigenvalue weighted by Gasteiger charge is -2.32. The number of methoxy groups -OCH3 is 1. The quantitative estimate of drug-likeness (QED) is 0.697. The number of carbonyl (C=O) groups excluding carboxylic acids is 3. The van der Waals surface area contributed by atoms with Crippen LogP contribution in [0.25, 0.3) is 0 Å². The third kappa shape index (κ3) is 7.17. The molecule has 0 bridgehead atoms. The summed E-state index contributed by atoms with van der Waals surface area (Å²) in [6, 6.07) is -2.08. The highest BCUT2D eigenvalue weighted by Gasteiger charge is 2.47. The largest absolute Gasteiger partial charge is 0.467 e. The molecule has 1 saturated carbocycles. The molecule has 2 N–H and O–H groups in total. The summed E-state index contributed by atoms with van der Waals surface area (Å²) in [7, 11) is 1.18. The van der Waals surface area contributed by atoms with Crippen molar-refractivity contribution in [1.29, 1.82) is 0 Å². The van der Waals surface area contributed by atoms with Crippen molar-refractivity contribution < 1.29 is 28.2 Å². The molecule has 2 amide bonds. The second-order valence-corrected chi connectivity index (χ2v) is 8.88. The summed E-state index contributed by atoms with van der Waals surface area (Å²) in [5.74, 6) is -1.31. The number of ether oxygens (including phenoxy) is 2. The van der Waals surface area contributed by atoms with Gasteiger partial charge in [0.15, 0.2) is 0 Å². The highest BCUT2D eigenvalue weighted by molar-refractivity contribution is 5.90. The van der Waals surface area contributed by atoms with Crippen LogP contribution in [0, 0.1) is 5.41 Å². The summed E-state index contributed by atoms with van der Waals surface area (Å²) in [6.07, 6.45) is -0.176. The number of carbonyl (C=O) groups is 3. The highest BCUT2D eigenvalue weighted by atomic mass is 19.1. The molecule has 150 valence electrons. The zero-order valence-corrected chi connectivity index (χ0v) is 16.7. The minimum absolute atomic E-state index is 0.144. The van der Waals surface area contributed by atoms with Gasteiger partial charge in [0.1, 0.15) is 23.4 Å². The van der Waals surface area contributed by atoms with Crippen molar-refractivity contribution in [3.05, 3.63) is 0 Å². The van der Waals surface area contributed by atoms with Crippen LogP contribution < -0.4 is 10.6 Å². The fraction of sp³-hybridized carbons (Fsp3) is 0.833. The molecule has 0 radical (unpaired) electrons. The van der Waals surface area contributed by atoms with E-state index >= 15 is 0 Å². The fourth-order valence-electron chi connectivity index (χ4n) is 2.40. The van der Waals surface area contributed by atoms with Crippen molar-refractivity contribution in [2.24, 2.45) is 5.41 Å². The molecule has 1 fully saturated rings. The summed E-state index contributed by atoms with van der Waals surface area (Å²) in [5.41, 5.74) is -2.82. The monoisotopic (exact) mass is 374 g/mol. The first-order chi connectivity index (χ1) is 11.7. The lowest BCUT2D eigenvalue weighted by atomic mass is 9.86. The summed E-state index contributed by atoms with van der Waals surface area (Å²) in [6.45, 7) is 10.4. The van der Waals surface area contributed by atoms with Gasteiger partial charge >= 0.3 is 12.1 Å². The summed E-state index contributed by atoms with van der Waals surface area (Å²) >= 11 is 0. The van der Waals surface area contributed by atoms with E-state index in [0.29, 0.717) is 12.8 Å². The number of amides is 2. The molecule has 0 unspecified atom stereocenters. The molecule has 0 aromatic rings. The number of esters is 1. The first-order valence-electron chi connectivity index (χ1n) is 8.73. The Morgan fingerprint density at radius 1 is 1.08 bits per heavy atom. The number of hydrogen-bond donors (Lipinski definition) is 2. The van der Waals surface area contributed by atoms with Gasteiger partial charge in [-0.2, -0.15) is 0 Å². The van der Waals surface area contributed by atoms with Crippen LogP contribution in [0.15, 0.2) is 0 Å². The maximum atomic E-state index is 14.1. The lowest BCUT2D eigenvalue weighted by molar-refractivity contribution is -0.146. The molecule has 0 heterocycles. The summed E-state index contributed by atoms with van der Waals surface area (Å²) < 4.78 is 23.9. The third-order valence-corrected chi connectivity index (χ3v) is 3.95. The van der Waals surface area contributed by atoms with Gasteiger partial charge in [0.2, 0.25) is 5.91 Å². The van der Waals surface area contributed by atoms with E-state index in [1.807, 2.05) is 0 Å². The molecule has 0 aromatic heterocycles. The van der Waals surface area contributed by atoms with Crippen LogP contribution in [0.2, 0.25) is 0 Å². The van der Waals surface area contributed by atoms with Crippen molar-refractivity contribution >= 4 is 18.0 Å². The van der Waals surface area contributed by atoms with E-state index in [1.54, 1.807) is 41.5 Å². The number of hydrogen-bond acceptors (Lipinski definition) is 5. The Labute approximate surface area is 154 Å².